The summed E-state index contributed by atoms with van der Waals surface area (Å²) in [6.45, 7) is 9.55. The molecule has 1 rings (SSSR count). The number of hydrogen-bond donors (Lipinski definition) is 1. The Bertz CT molecular complexity index is 365. The average Bonchev–Trinajstić information content (AvgIpc) is 2.33. The molecule has 0 saturated carbocycles. The van der Waals surface area contributed by atoms with Crippen molar-refractivity contribution in [3.63, 3.8) is 0 Å². The fraction of sp³-hybridized carbons (Fsp3) is 0.429. The monoisotopic (exact) mass is 253 g/mol. The Morgan fingerprint density at radius 2 is 2.29 bits per heavy atom. The van der Waals surface area contributed by atoms with E-state index in [0.717, 1.165) is 30.8 Å². The van der Waals surface area contributed by atoms with Crippen molar-refractivity contribution in [2.45, 2.75) is 32.9 Å². The molecule has 0 aliphatic heterocycles. The normalized spacial score (nSPS) is 12.2. The largest absolute Gasteiger partial charge is 0.485 e. The molecule has 0 aliphatic carbocycles. The summed E-state index contributed by atoms with van der Waals surface area (Å²) < 4.78 is 5.77. The molecule has 0 fully saturated rings. The summed E-state index contributed by atoms with van der Waals surface area (Å²) in [6, 6.07) is 5.81. The van der Waals surface area contributed by atoms with Gasteiger partial charge in [0.05, 0.1) is 5.02 Å². The number of nitrogens with one attached hydrogen (secondary N) is 1. The number of ether oxygens (including phenoxy) is 1. The topological polar surface area (TPSA) is 21.3 Å². The van der Waals surface area contributed by atoms with Crippen molar-refractivity contribution in [2.24, 2.45) is 0 Å². The maximum Gasteiger partial charge on any atom is 0.143 e. The lowest BCUT2D eigenvalue weighted by atomic mass is 10.2. The van der Waals surface area contributed by atoms with Crippen LogP contribution in [-0.2, 0) is 6.54 Å². The highest BCUT2D eigenvalue weighted by Crippen LogP contribution is 2.29. The van der Waals surface area contributed by atoms with Crippen molar-refractivity contribution in [1.29, 1.82) is 0 Å². The molecule has 17 heavy (non-hydrogen) atoms. The molecule has 0 amide bonds. The third-order valence-electron chi connectivity index (χ3n) is 2.43. The van der Waals surface area contributed by atoms with Gasteiger partial charge in [-0.15, -0.1) is 0 Å². The molecule has 1 aromatic rings. The molecule has 94 valence electrons. The van der Waals surface area contributed by atoms with Crippen molar-refractivity contribution in [1.82, 2.24) is 5.32 Å². The Hall–Kier alpha value is -0.990. The van der Waals surface area contributed by atoms with Crippen LogP contribution < -0.4 is 10.1 Å². The highest BCUT2D eigenvalue weighted by atomic mass is 35.5. The lowest BCUT2D eigenvalue weighted by molar-refractivity contribution is 0.267. The zero-order chi connectivity index (χ0) is 12.7. The van der Waals surface area contributed by atoms with Gasteiger partial charge >= 0.3 is 0 Å². The first-order chi connectivity index (χ1) is 8.19. The minimum atomic E-state index is -0.0418. The maximum atomic E-state index is 6.16. The molecule has 0 spiro atoms. The van der Waals surface area contributed by atoms with E-state index >= 15 is 0 Å². The Balaban J connectivity index is 2.80. The summed E-state index contributed by atoms with van der Waals surface area (Å²) in [4.78, 5) is 0. The second kappa shape index (κ2) is 7.36. The minimum absolute atomic E-state index is 0.0418. The fourth-order valence-electron chi connectivity index (χ4n) is 1.46. The van der Waals surface area contributed by atoms with Crippen LogP contribution in [0.1, 0.15) is 25.8 Å². The maximum absolute atomic E-state index is 6.16. The van der Waals surface area contributed by atoms with Crippen molar-refractivity contribution in [2.75, 3.05) is 6.54 Å². The molecule has 1 N–H and O–H groups in total. The summed E-state index contributed by atoms with van der Waals surface area (Å²) in [5, 5.41) is 3.99. The van der Waals surface area contributed by atoms with Gasteiger partial charge in [0.15, 0.2) is 0 Å². The van der Waals surface area contributed by atoms with Crippen LogP contribution in [0.25, 0.3) is 0 Å². The molecule has 1 atom stereocenters. The summed E-state index contributed by atoms with van der Waals surface area (Å²) in [5.74, 6) is 0.755. The smallest absolute Gasteiger partial charge is 0.143 e. The van der Waals surface area contributed by atoms with E-state index in [0.29, 0.717) is 5.02 Å². The predicted molar refractivity (Wildman–Crippen MR) is 73.7 cm³/mol. The highest BCUT2D eigenvalue weighted by Gasteiger charge is 2.10. The predicted octanol–water partition coefficient (Wildman–Crippen LogP) is 3.79. The first-order valence-electron chi connectivity index (χ1n) is 5.96. The van der Waals surface area contributed by atoms with Crippen LogP contribution in [-0.4, -0.2) is 12.6 Å². The second-order valence-corrected chi connectivity index (χ2v) is 4.37. The standard InChI is InChI=1S/C14H20ClNO/c1-4-9-16-10-12-7-6-8-13(15)14(12)17-11(3)5-2/h5-8,11,16H,2,4,9-10H2,1,3H3. The summed E-state index contributed by atoms with van der Waals surface area (Å²) in [5.41, 5.74) is 1.08. The van der Waals surface area contributed by atoms with Crippen LogP contribution in [0.5, 0.6) is 5.75 Å². The molecule has 0 aliphatic rings. The van der Waals surface area contributed by atoms with Gasteiger partial charge < -0.3 is 10.1 Å². The van der Waals surface area contributed by atoms with Crippen molar-refractivity contribution >= 4 is 11.6 Å². The lowest BCUT2D eigenvalue weighted by Crippen LogP contribution is -2.16. The minimum Gasteiger partial charge on any atom is -0.485 e. The van der Waals surface area contributed by atoms with Crippen molar-refractivity contribution in [3.05, 3.63) is 41.4 Å². The molecule has 0 bridgehead atoms. The van der Waals surface area contributed by atoms with Gasteiger partial charge in [0.25, 0.3) is 0 Å². The molecule has 0 radical (unpaired) electrons. The molecule has 1 unspecified atom stereocenters. The number of rotatable bonds is 7. The van der Waals surface area contributed by atoms with Gasteiger partial charge in [-0.25, -0.2) is 0 Å². The number of para-hydroxylation sites is 1. The Morgan fingerprint density at radius 1 is 1.53 bits per heavy atom. The summed E-state index contributed by atoms with van der Waals surface area (Å²) >= 11 is 6.16. The third kappa shape index (κ3) is 4.41. The lowest BCUT2D eigenvalue weighted by Gasteiger charge is -2.16. The van der Waals surface area contributed by atoms with E-state index < -0.39 is 0 Å². The summed E-state index contributed by atoms with van der Waals surface area (Å²) in [7, 11) is 0. The second-order valence-electron chi connectivity index (χ2n) is 3.96. The van der Waals surface area contributed by atoms with Crippen LogP contribution in [0.15, 0.2) is 30.9 Å². The number of halogens is 1. The van der Waals surface area contributed by atoms with Crippen LogP contribution in [0, 0.1) is 0 Å². The van der Waals surface area contributed by atoms with E-state index in [-0.39, 0.29) is 6.10 Å². The highest BCUT2D eigenvalue weighted by molar-refractivity contribution is 6.32. The molecule has 0 aromatic heterocycles. The zero-order valence-electron chi connectivity index (χ0n) is 10.5. The van der Waals surface area contributed by atoms with E-state index in [4.69, 9.17) is 16.3 Å². The van der Waals surface area contributed by atoms with Gasteiger partial charge in [-0.3, -0.25) is 0 Å². The fourth-order valence-corrected chi connectivity index (χ4v) is 1.70. The van der Waals surface area contributed by atoms with Gasteiger partial charge in [-0.2, -0.15) is 0 Å². The zero-order valence-corrected chi connectivity index (χ0v) is 11.3. The van der Waals surface area contributed by atoms with E-state index in [1.165, 1.54) is 0 Å². The van der Waals surface area contributed by atoms with Crippen molar-refractivity contribution < 1.29 is 4.74 Å². The van der Waals surface area contributed by atoms with Crippen LogP contribution in [0.2, 0.25) is 5.02 Å². The average molecular weight is 254 g/mol. The SMILES string of the molecule is C=CC(C)Oc1c(Cl)cccc1CNCCC. The van der Waals surface area contributed by atoms with E-state index in [9.17, 15) is 0 Å². The van der Waals surface area contributed by atoms with Crippen LogP contribution >= 0.6 is 11.6 Å². The Kier molecular flexibility index (Phi) is 6.09. The van der Waals surface area contributed by atoms with Gasteiger partial charge in [0.1, 0.15) is 11.9 Å². The van der Waals surface area contributed by atoms with Crippen LogP contribution in [0.3, 0.4) is 0 Å². The van der Waals surface area contributed by atoms with Crippen molar-refractivity contribution in [3.8, 4) is 5.75 Å². The quantitative estimate of drug-likeness (QED) is 0.590. The Morgan fingerprint density at radius 3 is 2.94 bits per heavy atom. The number of hydrogen-bond acceptors (Lipinski definition) is 2. The first kappa shape index (κ1) is 14.1. The molecule has 0 heterocycles. The molecule has 1 aromatic carbocycles. The third-order valence-corrected chi connectivity index (χ3v) is 2.72. The van der Waals surface area contributed by atoms with Gasteiger partial charge in [0, 0.05) is 12.1 Å². The molecule has 3 heteroatoms. The van der Waals surface area contributed by atoms with E-state index in [1.807, 2.05) is 25.1 Å². The Labute approximate surface area is 109 Å². The van der Waals surface area contributed by atoms with E-state index in [2.05, 4.69) is 18.8 Å². The van der Waals surface area contributed by atoms with E-state index in [1.54, 1.807) is 6.08 Å². The van der Waals surface area contributed by atoms with Gasteiger partial charge in [-0.1, -0.05) is 43.3 Å². The van der Waals surface area contributed by atoms with Gasteiger partial charge in [-0.05, 0) is 26.0 Å². The molecular formula is C14H20ClNO. The number of benzene rings is 1. The molecule has 0 saturated heterocycles. The first-order valence-corrected chi connectivity index (χ1v) is 6.34. The molecule has 2 nitrogen and oxygen atoms in total. The summed E-state index contributed by atoms with van der Waals surface area (Å²) in [6.07, 6.45) is 2.83. The van der Waals surface area contributed by atoms with Gasteiger partial charge in [0.2, 0.25) is 0 Å². The molecular weight excluding hydrogens is 234 g/mol. The van der Waals surface area contributed by atoms with Crippen LogP contribution in [0.4, 0.5) is 0 Å².